The number of hydrogen-bond acceptors (Lipinski definition) is 3. The van der Waals surface area contributed by atoms with Crippen LogP contribution in [0.25, 0.3) is 0 Å². The molecule has 0 aliphatic heterocycles. The fraction of sp³-hybridized carbons (Fsp3) is 0.278. The van der Waals surface area contributed by atoms with E-state index in [0.29, 0.717) is 17.1 Å². The molecule has 0 radical (unpaired) electrons. The Bertz CT molecular complexity index is 852. The number of carbonyl (C=O) groups excluding carboxylic acids is 1. The second-order valence-corrected chi connectivity index (χ2v) is 8.24. The van der Waals surface area contributed by atoms with Crippen molar-refractivity contribution in [3.05, 3.63) is 64.7 Å². The van der Waals surface area contributed by atoms with Crippen molar-refractivity contribution in [1.29, 1.82) is 0 Å². The van der Waals surface area contributed by atoms with Crippen LogP contribution in [0.4, 0.5) is 4.79 Å². The van der Waals surface area contributed by atoms with Gasteiger partial charge in [-0.15, -0.1) is 0 Å². The fourth-order valence-corrected chi connectivity index (χ4v) is 3.68. The summed E-state index contributed by atoms with van der Waals surface area (Å²) in [6.07, 6.45) is 0. The lowest BCUT2D eigenvalue weighted by molar-refractivity contribution is 0.240. The molecule has 0 heterocycles. The Hall–Kier alpha value is -2.09. The number of urea groups is 1. The Labute approximate surface area is 159 Å². The molecule has 0 atom stereocenters. The van der Waals surface area contributed by atoms with Crippen LogP contribution in [0.15, 0.2) is 53.4 Å². The minimum atomic E-state index is -3.56. The Morgan fingerprint density at radius 1 is 1.00 bits per heavy atom. The summed E-state index contributed by atoms with van der Waals surface area (Å²) >= 11 is 5.82. The molecule has 0 fully saturated rings. The highest BCUT2D eigenvalue weighted by Crippen LogP contribution is 2.12. The Morgan fingerprint density at radius 2 is 1.62 bits per heavy atom. The molecule has 6 nitrogen and oxygen atoms in total. The molecular formula is C18H22ClN3O3S. The number of carbonyl (C=O) groups is 1. The summed E-state index contributed by atoms with van der Waals surface area (Å²) in [5.74, 6) is 0. The van der Waals surface area contributed by atoms with Crippen molar-refractivity contribution in [3.63, 3.8) is 0 Å². The van der Waals surface area contributed by atoms with Crippen LogP contribution in [0.3, 0.4) is 0 Å². The van der Waals surface area contributed by atoms with Crippen molar-refractivity contribution in [2.75, 3.05) is 0 Å². The zero-order valence-corrected chi connectivity index (χ0v) is 16.2. The second-order valence-electron chi connectivity index (χ2n) is 6.09. The average Bonchev–Trinajstić information content (AvgIpc) is 2.58. The van der Waals surface area contributed by atoms with E-state index in [-0.39, 0.29) is 23.5 Å². The van der Waals surface area contributed by atoms with Gasteiger partial charge in [-0.1, -0.05) is 35.9 Å². The highest BCUT2D eigenvalue weighted by atomic mass is 35.5. The molecule has 2 amide bonds. The molecule has 140 valence electrons. The first-order valence-corrected chi connectivity index (χ1v) is 10.00. The van der Waals surface area contributed by atoms with E-state index >= 15 is 0 Å². The van der Waals surface area contributed by atoms with Crippen LogP contribution in [-0.2, 0) is 23.1 Å². The lowest BCUT2D eigenvalue weighted by atomic mass is 10.2. The summed E-state index contributed by atoms with van der Waals surface area (Å²) in [4.78, 5) is 12.1. The number of halogens is 1. The number of hydrogen-bond donors (Lipinski definition) is 3. The van der Waals surface area contributed by atoms with E-state index in [1.165, 1.54) is 6.07 Å². The van der Waals surface area contributed by atoms with Gasteiger partial charge in [0, 0.05) is 24.2 Å². The SMILES string of the molecule is CC(C)NS(=O)(=O)c1cccc(CNC(=O)NCc2ccc(Cl)cc2)c1. The van der Waals surface area contributed by atoms with Crippen molar-refractivity contribution in [2.45, 2.75) is 37.9 Å². The summed E-state index contributed by atoms with van der Waals surface area (Å²) < 4.78 is 26.9. The van der Waals surface area contributed by atoms with Crippen LogP contribution < -0.4 is 15.4 Å². The predicted molar refractivity (Wildman–Crippen MR) is 102 cm³/mol. The van der Waals surface area contributed by atoms with Gasteiger partial charge in [0.15, 0.2) is 0 Å². The molecule has 2 aromatic rings. The topological polar surface area (TPSA) is 87.3 Å². The molecule has 0 unspecified atom stereocenters. The van der Waals surface area contributed by atoms with E-state index in [2.05, 4.69) is 15.4 Å². The summed E-state index contributed by atoms with van der Waals surface area (Å²) in [6, 6.07) is 13.1. The third-order valence-electron chi connectivity index (χ3n) is 3.42. The molecule has 26 heavy (non-hydrogen) atoms. The Morgan fingerprint density at radius 3 is 2.23 bits per heavy atom. The molecular weight excluding hydrogens is 374 g/mol. The standard InChI is InChI=1S/C18H22ClN3O3S/c1-13(2)22-26(24,25)17-5-3-4-15(10-17)12-21-18(23)20-11-14-6-8-16(19)9-7-14/h3-10,13,22H,11-12H2,1-2H3,(H2,20,21,23). The van der Waals surface area contributed by atoms with Gasteiger partial charge in [-0.05, 0) is 49.2 Å². The van der Waals surface area contributed by atoms with Gasteiger partial charge in [0.1, 0.15) is 0 Å². The Balaban J connectivity index is 1.89. The number of rotatable bonds is 7. The van der Waals surface area contributed by atoms with Gasteiger partial charge in [0.2, 0.25) is 10.0 Å². The zero-order chi connectivity index (χ0) is 19.2. The molecule has 0 bridgehead atoms. The highest BCUT2D eigenvalue weighted by molar-refractivity contribution is 7.89. The molecule has 0 aliphatic rings. The van der Waals surface area contributed by atoms with Crippen LogP contribution in [0.1, 0.15) is 25.0 Å². The van der Waals surface area contributed by atoms with Gasteiger partial charge in [-0.2, -0.15) is 0 Å². The molecule has 0 aromatic heterocycles. The number of amides is 2. The molecule has 2 aromatic carbocycles. The fourth-order valence-electron chi connectivity index (χ4n) is 2.23. The lowest BCUT2D eigenvalue weighted by Crippen LogP contribution is -2.34. The van der Waals surface area contributed by atoms with Gasteiger partial charge in [0.05, 0.1) is 4.90 Å². The van der Waals surface area contributed by atoms with Crippen LogP contribution in [0, 0.1) is 0 Å². The summed E-state index contributed by atoms with van der Waals surface area (Å²) in [5, 5.41) is 6.08. The molecule has 0 spiro atoms. The Kier molecular flexibility index (Phi) is 7.02. The summed E-state index contributed by atoms with van der Waals surface area (Å²) in [5.41, 5.74) is 1.62. The number of sulfonamides is 1. The minimum Gasteiger partial charge on any atom is -0.334 e. The smallest absolute Gasteiger partial charge is 0.315 e. The average molecular weight is 396 g/mol. The maximum atomic E-state index is 12.2. The van der Waals surface area contributed by atoms with E-state index in [1.807, 2.05) is 12.1 Å². The van der Waals surface area contributed by atoms with E-state index in [0.717, 1.165) is 5.56 Å². The first-order chi connectivity index (χ1) is 12.3. The molecule has 0 aliphatic carbocycles. The van der Waals surface area contributed by atoms with Crippen molar-refractivity contribution < 1.29 is 13.2 Å². The first-order valence-electron chi connectivity index (χ1n) is 8.14. The minimum absolute atomic E-state index is 0.173. The normalized spacial score (nSPS) is 11.4. The van der Waals surface area contributed by atoms with Crippen molar-refractivity contribution in [3.8, 4) is 0 Å². The van der Waals surface area contributed by atoms with Gasteiger partial charge in [-0.3, -0.25) is 0 Å². The third-order valence-corrected chi connectivity index (χ3v) is 5.33. The predicted octanol–water partition coefficient (Wildman–Crippen LogP) is 3.03. The molecule has 0 saturated heterocycles. The van der Waals surface area contributed by atoms with Crippen LogP contribution >= 0.6 is 11.6 Å². The third kappa shape index (κ3) is 6.33. The summed E-state index contributed by atoms with van der Waals surface area (Å²) in [6.45, 7) is 4.11. The van der Waals surface area contributed by atoms with Crippen molar-refractivity contribution >= 4 is 27.7 Å². The van der Waals surface area contributed by atoms with Crippen LogP contribution in [-0.4, -0.2) is 20.5 Å². The van der Waals surface area contributed by atoms with Gasteiger partial charge in [-0.25, -0.2) is 17.9 Å². The number of nitrogens with one attached hydrogen (secondary N) is 3. The second kappa shape index (κ2) is 9.02. The van der Waals surface area contributed by atoms with Crippen molar-refractivity contribution in [1.82, 2.24) is 15.4 Å². The summed E-state index contributed by atoms with van der Waals surface area (Å²) in [7, 11) is -3.56. The maximum absolute atomic E-state index is 12.2. The van der Waals surface area contributed by atoms with Crippen LogP contribution in [0.5, 0.6) is 0 Å². The lowest BCUT2D eigenvalue weighted by Gasteiger charge is -2.11. The van der Waals surface area contributed by atoms with E-state index < -0.39 is 10.0 Å². The quantitative estimate of drug-likeness (QED) is 0.673. The zero-order valence-electron chi connectivity index (χ0n) is 14.6. The van der Waals surface area contributed by atoms with E-state index in [9.17, 15) is 13.2 Å². The largest absolute Gasteiger partial charge is 0.334 e. The van der Waals surface area contributed by atoms with Gasteiger partial charge >= 0.3 is 6.03 Å². The van der Waals surface area contributed by atoms with Crippen LogP contribution in [0.2, 0.25) is 5.02 Å². The van der Waals surface area contributed by atoms with E-state index in [4.69, 9.17) is 11.6 Å². The molecule has 2 rings (SSSR count). The van der Waals surface area contributed by atoms with Crippen molar-refractivity contribution in [2.24, 2.45) is 0 Å². The first kappa shape index (κ1) is 20.2. The number of benzene rings is 2. The highest BCUT2D eigenvalue weighted by Gasteiger charge is 2.15. The maximum Gasteiger partial charge on any atom is 0.315 e. The monoisotopic (exact) mass is 395 g/mol. The molecule has 8 heteroatoms. The molecule has 3 N–H and O–H groups in total. The molecule has 0 saturated carbocycles. The van der Waals surface area contributed by atoms with E-state index in [1.54, 1.807) is 44.2 Å². The van der Waals surface area contributed by atoms with Gasteiger partial charge in [0.25, 0.3) is 0 Å². The van der Waals surface area contributed by atoms with Gasteiger partial charge < -0.3 is 10.6 Å².